The van der Waals surface area contributed by atoms with E-state index in [1.807, 2.05) is 24.3 Å². The number of benzene rings is 1. The zero-order valence-corrected chi connectivity index (χ0v) is 14.7. The number of carboxylic acids is 1. The second kappa shape index (κ2) is 9.44. The summed E-state index contributed by atoms with van der Waals surface area (Å²) in [5, 5.41) is 22.9. The zero-order valence-electron chi connectivity index (χ0n) is 14.7. The van der Waals surface area contributed by atoms with Crippen LogP contribution in [0.15, 0.2) is 36.0 Å². The lowest BCUT2D eigenvalue weighted by Crippen LogP contribution is -2.44. The molecule has 0 atom stereocenters. The van der Waals surface area contributed by atoms with Crippen molar-refractivity contribution in [1.82, 2.24) is 10.2 Å². The smallest absolute Gasteiger partial charge is 0.305 e. The monoisotopic (exact) mass is 357 g/mol. The van der Waals surface area contributed by atoms with Gasteiger partial charge in [-0.3, -0.25) is 9.59 Å². The molecule has 0 unspecified atom stereocenters. The Bertz CT molecular complexity index is 701. The minimum Gasteiger partial charge on any atom is -0.481 e. The van der Waals surface area contributed by atoms with E-state index < -0.39 is 11.9 Å². The molecule has 1 aliphatic heterocycles. The SMILES string of the molecule is CN1CCN(c2ccc(N/C=C(/C#N)C(=O)NCCC(=O)O)cc2)CC1. The second-order valence-electron chi connectivity index (χ2n) is 6.05. The molecule has 1 aliphatic rings. The van der Waals surface area contributed by atoms with E-state index >= 15 is 0 Å². The van der Waals surface area contributed by atoms with E-state index in [1.165, 1.54) is 6.20 Å². The van der Waals surface area contributed by atoms with Gasteiger partial charge in [-0.2, -0.15) is 5.26 Å². The average Bonchev–Trinajstić information content (AvgIpc) is 2.63. The number of amides is 1. The van der Waals surface area contributed by atoms with Crippen LogP contribution in [0.5, 0.6) is 0 Å². The number of rotatable bonds is 7. The molecule has 2 rings (SSSR count). The summed E-state index contributed by atoms with van der Waals surface area (Å²) in [5.74, 6) is -1.61. The fourth-order valence-electron chi connectivity index (χ4n) is 2.52. The van der Waals surface area contributed by atoms with Crippen molar-refractivity contribution >= 4 is 23.3 Å². The van der Waals surface area contributed by atoms with Crippen LogP contribution >= 0.6 is 0 Å². The quantitative estimate of drug-likeness (QED) is 0.490. The Kier molecular flexibility index (Phi) is 7.00. The summed E-state index contributed by atoms with van der Waals surface area (Å²) in [6.07, 6.45) is 1.13. The maximum Gasteiger partial charge on any atom is 0.305 e. The number of hydrogen-bond acceptors (Lipinski definition) is 6. The van der Waals surface area contributed by atoms with Gasteiger partial charge in [0.15, 0.2) is 0 Å². The number of nitrogens with one attached hydrogen (secondary N) is 2. The fraction of sp³-hybridized carbons (Fsp3) is 0.389. The lowest BCUT2D eigenvalue weighted by atomic mass is 10.2. The minimum atomic E-state index is -1.01. The number of anilines is 2. The van der Waals surface area contributed by atoms with Crippen LogP contribution in [0.25, 0.3) is 0 Å². The third kappa shape index (κ3) is 5.79. The summed E-state index contributed by atoms with van der Waals surface area (Å²) >= 11 is 0. The third-order valence-corrected chi connectivity index (χ3v) is 4.11. The topological polar surface area (TPSA) is 109 Å². The van der Waals surface area contributed by atoms with E-state index in [0.717, 1.165) is 37.6 Å². The summed E-state index contributed by atoms with van der Waals surface area (Å²) < 4.78 is 0. The highest BCUT2D eigenvalue weighted by atomic mass is 16.4. The number of aliphatic carboxylic acids is 1. The number of hydrogen-bond donors (Lipinski definition) is 3. The third-order valence-electron chi connectivity index (χ3n) is 4.11. The number of carbonyl (C=O) groups is 2. The van der Waals surface area contributed by atoms with Gasteiger partial charge in [0.05, 0.1) is 6.42 Å². The molecule has 3 N–H and O–H groups in total. The predicted molar refractivity (Wildman–Crippen MR) is 98.7 cm³/mol. The first-order chi connectivity index (χ1) is 12.5. The first-order valence-electron chi connectivity index (χ1n) is 8.40. The molecule has 1 fully saturated rings. The molecule has 1 amide bonds. The summed E-state index contributed by atoms with van der Waals surface area (Å²) in [6.45, 7) is 4.01. The molecule has 1 heterocycles. The molecular formula is C18H23N5O3. The van der Waals surface area contributed by atoms with Crippen LogP contribution in [0, 0.1) is 11.3 Å². The molecule has 8 nitrogen and oxygen atoms in total. The van der Waals surface area contributed by atoms with Crippen molar-refractivity contribution in [3.05, 3.63) is 36.0 Å². The molecule has 1 aromatic rings. The van der Waals surface area contributed by atoms with E-state index in [1.54, 1.807) is 6.07 Å². The van der Waals surface area contributed by atoms with Crippen molar-refractivity contribution in [2.24, 2.45) is 0 Å². The summed E-state index contributed by atoms with van der Waals surface area (Å²) in [7, 11) is 2.11. The molecule has 0 radical (unpaired) electrons. The van der Waals surface area contributed by atoms with Crippen LogP contribution in [0.1, 0.15) is 6.42 Å². The van der Waals surface area contributed by atoms with Gasteiger partial charge in [-0.05, 0) is 31.3 Å². The number of nitriles is 1. The van der Waals surface area contributed by atoms with Gasteiger partial charge in [-0.25, -0.2) is 0 Å². The van der Waals surface area contributed by atoms with Crippen molar-refractivity contribution in [1.29, 1.82) is 5.26 Å². The number of carboxylic acid groups (broad SMARTS) is 1. The first-order valence-corrected chi connectivity index (χ1v) is 8.40. The number of piperazine rings is 1. The maximum absolute atomic E-state index is 11.8. The van der Waals surface area contributed by atoms with Crippen molar-refractivity contribution in [3.8, 4) is 6.07 Å². The molecule has 26 heavy (non-hydrogen) atoms. The van der Waals surface area contributed by atoms with Gasteiger partial charge in [-0.1, -0.05) is 0 Å². The number of likely N-dealkylation sites (N-methyl/N-ethyl adjacent to an activating group) is 1. The van der Waals surface area contributed by atoms with Crippen LogP contribution in [-0.4, -0.2) is 61.7 Å². The predicted octanol–water partition coefficient (Wildman–Crippen LogP) is 0.849. The van der Waals surface area contributed by atoms with Crippen LogP contribution in [0.3, 0.4) is 0 Å². The Morgan fingerprint density at radius 2 is 1.88 bits per heavy atom. The molecular weight excluding hydrogens is 334 g/mol. The van der Waals surface area contributed by atoms with Gasteiger partial charge >= 0.3 is 5.97 Å². The van der Waals surface area contributed by atoms with Gasteiger partial charge in [0, 0.05) is 50.3 Å². The van der Waals surface area contributed by atoms with E-state index in [0.29, 0.717) is 0 Å². The lowest BCUT2D eigenvalue weighted by Gasteiger charge is -2.34. The van der Waals surface area contributed by atoms with Gasteiger partial charge in [0.1, 0.15) is 11.6 Å². The lowest BCUT2D eigenvalue weighted by molar-refractivity contribution is -0.136. The van der Waals surface area contributed by atoms with E-state index in [2.05, 4.69) is 27.5 Å². The summed E-state index contributed by atoms with van der Waals surface area (Å²) in [5.41, 5.74) is 1.78. The van der Waals surface area contributed by atoms with Gasteiger partial charge in [0.2, 0.25) is 0 Å². The largest absolute Gasteiger partial charge is 0.481 e. The minimum absolute atomic E-state index is 0.0209. The molecule has 0 spiro atoms. The average molecular weight is 357 g/mol. The molecule has 1 saturated heterocycles. The van der Waals surface area contributed by atoms with Crippen molar-refractivity contribution in [2.75, 3.05) is 50.0 Å². The molecule has 0 aliphatic carbocycles. The number of carbonyl (C=O) groups excluding carboxylic acids is 1. The second-order valence-corrected chi connectivity index (χ2v) is 6.05. The Balaban J connectivity index is 1.90. The zero-order chi connectivity index (χ0) is 18.9. The Hall–Kier alpha value is -3.05. The number of nitrogens with zero attached hydrogens (tertiary/aromatic N) is 3. The first kappa shape index (κ1) is 19.3. The standard InChI is InChI=1S/C18H23N5O3/c1-22-8-10-23(11-9-22)16-4-2-15(3-5-16)21-13-14(12-19)18(26)20-7-6-17(24)25/h2-5,13,21H,6-11H2,1H3,(H,20,26)(H,24,25)/b14-13-. The molecule has 138 valence electrons. The van der Waals surface area contributed by atoms with Crippen LogP contribution in [0.2, 0.25) is 0 Å². The highest BCUT2D eigenvalue weighted by molar-refractivity contribution is 5.97. The Labute approximate surface area is 152 Å². The van der Waals surface area contributed by atoms with E-state index in [9.17, 15) is 9.59 Å². The summed E-state index contributed by atoms with van der Waals surface area (Å²) in [4.78, 5) is 26.9. The van der Waals surface area contributed by atoms with Crippen LogP contribution < -0.4 is 15.5 Å². The van der Waals surface area contributed by atoms with E-state index in [4.69, 9.17) is 10.4 Å². The highest BCUT2D eigenvalue weighted by Crippen LogP contribution is 2.19. The molecule has 8 heteroatoms. The molecule has 0 saturated carbocycles. The Morgan fingerprint density at radius 3 is 2.46 bits per heavy atom. The normalized spacial score (nSPS) is 15.2. The van der Waals surface area contributed by atoms with Gasteiger partial charge in [0.25, 0.3) is 5.91 Å². The van der Waals surface area contributed by atoms with Crippen molar-refractivity contribution < 1.29 is 14.7 Å². The fourth-order valence-corrected chi connectivity index (χ4v) is 2.52. The molecule has 0 bridgehead atoms. The van der Waals surface area contributed by atoms with Gasteiger partial charge < -0.3 is 25.5 Å². The molecule has 1 aromatic carbocycles. The van der Waals surface area contributed by atoms with Gasteiger partial charge in [-0.15, -0.1) is 0 Å². The summed E-state index contributed by atoms with van der Waals surface area (Å²) in [6, 6.07) is 9.59. The maximum atomic E-state index is 11.8. The molecule has 0 aromatic heterocycles. The van der Waals surface area contributed by atoms with Crippen LogP contribution in [0.4, 0.5) is 11.4 Å². The van der Waals surface area contributed by atoms with Crippen LogP contribution in [-0.2, 0) is 9.59 Å². The van der Waals surface area contributed by atoms with E-state index in [-0.39, 0.29) is 18.5 Å². The van der Waals surface area contributed by atoms with Crippen molar-refractivity contribution in [3.63, 3.8) is 0 Å². The Morgan fingerprint density at radius 1 is 1.23 bits per heavy atom. The van der Waals surface area contributed by atoms with Crippen molar-refractivity contribution in [2.45, 2.75) is 6.42 Å². The highest BCUT2D eigenvalue weighted by Gasteiger charge is 2.14.